The number of ether oxygens (including phenoxy) is 1. The lowest BCUT2D eigenvalue weighted by molar-refractivity contribution is -0.123. The topological polar surface area (TPSA) is 75.6 Å². The zero-order valence-corrected chi connectivity index (χ0v) is 13.6. The Bertz CT molecular complexity index is 490. The summed E-state index contributed by atoms with van der Waals surface area (Å²) in [5.41, 5.74) is 0.0614. The third-order valence-electron chi connectivity index (χ3n) is 2.66. The van der Waals surface area contributed by atoms with Gasteiger partial charge in [-0.15, -0.1) is 0 Å². The molecule has 0 aliphatic carbocycles. The Morgan fingerprint density at radius 3 is 2.75 bits per heavy atom. The van der Waals surface area contributed by atoms with Crippen LogP contribution in [0.3, 0.4) is 0 Å². The van der Waals surface area contributed by atoms with E-state index >= 15 is 0 Å². The largest absolute Gasteiger partial charge is 0.483 e. The van der Waals surface area contributed by atoms with Gasteiger partial charge in [0.25, 0.3) is 5.91 Å². The van der Waals surface area contributed by atoms with Crippen molar-refractivity contribution in [3.05, 3.63) is 27.3 Å². The van der Waals surface area contributed by atoms with E-state index in [4.69, 9.17) is 9.84 Å². The van der Waals surface area contributed by atoms with Crippen molar-refractivity contribution < 1.29 is 19.4 Å². The molecular weight excluding hydrogens is 373 g/mol. The minimum atomic E-state index is -1.07. The molecule has 0 fully saturated rings. The van der Waals surface area contributed by atoms with Crippen LogP contribution < -0.4 is 10.1 Å². The van der Waals surface area contributed by atoms with Crippen LogP contribution in [0.1, 0.15) is 37.0 Å². The van der Waals surface area contributed by atoms with Gasteiger partial charge in [0, 0.05) is 9.61 Å². The third kappa shape index (κ3) is 5.36. The Hall–Kier alpha value is -1.31. The van der Waals surface area contributed by atoms with E-state index in [1.807, 2.05) is 36.4 Å². The normalized spacial score (nSPS) is 11.8. The van der Waals surface area contributed by atoms with Crippen LogP contribution in [0.4, 0.5) is 0 Å². The first-order valence-corrected chi connectivity index (χ1v) is 7.47. The fourth-order valence-electron chi connectivity index (χ4n) is 1.76. The van der Waals surface area contributed by atoms with Crippen LogP contribution >= 0.6 is 22.6 Å². The number of aromatic carboxylic acids is 1. The summed E-state index contributed by atoms with van der Waals surface area (Å²) >= 11 is 2.02. The van der Waals surface area contributed by atoms with Crippen molar-refractivity contribution in [1.82, 2.24) is 5.32 Å². The number of carboxylic acid groups (broad SMARTS) is 1. The highest BCUT2D eigenvalue weighted by Gasteiger charge is 2.14. The number of carbonyl (C=O) groups excluding carboxylic acids is 1. The Morgan fingerprint density at radius 2 is 2.15 bits per heavy atom. The summed E-state index contributed by atoms with van der Waals surface area (Å²) in [5, 5.41) is 11.9. The number of carboxylic acids is 1. The third-order valence-corrected chi connectivity index (χ3v) is 3.33. The van der Waals surface area contributed by atoms with Gasteiger partial charge in [-0.1, -0.05) is 13.3 Å². The van der Waals surface area contributed by atoms with Crippen molar-refractivity contribution in [2.45, 2.75) is 32.7 Å². The van der Waals surface area contributed by atoms with Crippen LogP contribution in [-0.2, 0) is 4.79 Å². The lowest BCUT2D eigenvalue weighted by Crippen LogP contribution is -2.36. The standard InChI is InChI=1S/C14H18INO4/c1-3-4-9(2)16-13(17)8-20-12-6-5-10(15)7-11(12)14(18)19/h5-7,9H,3-4,8H2,1-2H3,(H,16,17)(H,18,19). The van der Waals surface area contributed by atoms with Gasteiger partial charge in [0.05, 0.1) is 0 Å². The molecule has 1 rings (SSSR count). The van der Waals surface area contributed by atoms with Crippen LogP contribution in [0, 0.1) is 3.57 Å². The predicted molar refractivity (Wildman–Crippen MR) is 84.1 cm³/mol. The zero-order chi connectivity index (χ0) is 15.1. The minimum Gasteiger partial charge on any atom is -0.483 e. The molecule has 0 heterocycles. The first kappa shape index (κ1) is 16.7. The molecule has 0 bridgehead atoms. The number of rotatable bonds is 7. The first-order valence-electron chi connectivity index (χ1n) is 6.39. The lowest BCUT2D eigenvalue weighted by atomic mass is 10.2. The van der Waals surface area contributed by atoms with Crippen molar-refractivity contribution >= 4 is 34.5 Å². The summed E-state index contributed by atoms with van der Waals surface area (Å²) in [6, 6.07) is 4.90. The molecule has 2 N–H and O–H groups in total. The molecule has 1 atom stereocenters. The van der Waals surface area contributed by atoms with Gasteiger partial charge < -0.3 is 15.2 Å². The van der Waals surface area contributed by atoms with E-state index in [2.05, 4.69) is 5.32 Å². The van der Waals surface area contributed by atoms with Gasteiger partial charge in [0.1, 0.15) is 11.3 Å². The predicted octanol–water partition coefficient (Wildman–Crippen LogP) is 2.67. The number of amides is 1. The van der Waals surface area contributed by atoms with Crippen LogP contribution in [0.25, 0.3) is 0 Å². The summed E-state index contributed by atoms with van der Waals surface area (Å²) in [7, 11) is 0. The van der Waals surface area contributed by atoms with E-state index in [9.17, 15) is 9.59 Å². The highest BCUT2D eigenvalue weighted by atomic mass is 127. The van der Waals surface area contributed by atoms with Gasteiger partial charge in [-0.05, 0) is 54.1 Å². The van der Waals surface area contributed by atoms with E-state index in [1.54, 1.807) is 12.1 Å². The number of hydrogen-bond acceptors (Lipinski definition) is 3. The van der Waals surface area contributed by atoms with E-state index < -0.39 is 5.97 Å². The van der Waals surface area contributed by atoms with Gasteiger partial charge in [-0.2, -0.15) is 0 Å². The second-order valence-electron chi connectivity index (χ2n) is 4.49. The molecule has 0 aromatic heterocycles. The molecule has 0 aliphatic rings. The maximum atomic E-state index is 11.7. The molecule has 0 aliphatic heterocycles. The summed E-state index contributed by atoms with van der Waals surface area (Å²) in [4.78, 5) is 22.8. The fraction of sp³-hybridized carbons (Fsp3) is 0.429. The summed E-state index contributed by atoms with van der Waals surface area (Å²) in [6.45, 7) is 3.79. The van der Waals surface area contributed by atoms with Crippen LogP contribution in [0.15, 0.2) is 18.2 Å². The molecular formula is C14H18INO4. The van der Waals surface area contributed by atoms with E-state index in [-0.39, 0.29) is 29.9 Å². The number of hydrogen-bond donors (Lipinski definition) is 2. The molecule has 1 aromatic carbocycles. The molecule has 6 heteroatoms. The van der Waals surface area contributed by atoms with Crippen LogP contribution in [0.5, 0.6) is 5.75 Å². The van der Waals surface area contributed by atoms with E-state index in [0.29, 0.717) is 0 Å². The lowest BCUT2D eigenvalue weighted by Gasteiger charge is -2.14. The number of benzene rings is 1. The van der Waals surface area contributed by atoms with Gasteiger partial charge in [0.15, 0.2) is 6.61 Å². The zero-order valence-electron chi connectivity index (χ0n) is 11.5. The summed E-state index contributed by atoms with van der Waals surface area (Å²) in [6.07, 6.45) is 1.89. The smallest absolute Gasteiger partial charge is 0.339 e. The fourth-order valence-corrected chi connectivity index (χ4v) is 2.25. The molecule has 1 amide bonds. The highest BCUT2D eigenvalue weighted by Crippen LogP contribution is 2.21. The van der Waals surface area contributed by atoms with Crippen molar-refractivity contribution in [3.8, 4) is 5.75 Å². The van der Waals surface area contributed by atoms with Crippen molar-refractivity contribution in [2.75, 3.05) is 6.61 Å². The monoisotopic (exact) mass is 391 g/mol. The maximum absolute atomic E-state index is 11.7. The minimum absolute atomic E-state index is 0.0614. The molecule has 1 aromatic rings. The van der Waals surface area contributed by atoms with Gasteiger partial charge in [0.2, 0.25) is 0 Å². The van der Waals surface area contributed by atoms with Gasteiger partial charge >= 0.3 is 5.97 Å². The maximum Gasteiger partial charge on any atom is 0.339 e. The summed E-state index contributed by atoms with van der Waals surface area (Å²) in [5.74, 6) is -1.12. The average molecular weight is 391 g/mol. The Labute approximate surface area is 131 Å². The Morgan fingerprint density at radius 1 is 1.45 bits per heavy atom. The molecule has 5 nitrogen and oxygen atoms in total. The molecule has 1 unspecified atom stereocenters. The summed E-state index contributed by atoms with van der Waals surface area (Å²) < 4.78 is 6.10. The SMILES string of the molecule is CCCC(C)NC(=O)COc1ccc(I)cc1C(=O)O. The van der Waals surface area contributed by atoms with Crippen molar-refractivity contribution in [3.63, 3.8) is 0 Å². The quantitative estimate of drug-likeness (QED) is 0.701. The highest BCUT2D eigenvalue weighted by molar-refractivity contribution is 14.1. The van der Waals surface area contributed by atoms with Crippen molar-refractivity contribution in [2.24, 2.45) is 0 Å². The second-order valence-corrected chi connectivity index (χ2v) is 5.74. The molecule has 0 radical (unpaired) electrons. The van der Waals surface area contributed by atoms with E-state index in [0.717, 1.165) is 16.4 Å². The molecule has 0 spiro atoms. The molecule has 0 saturated heterocycles. The number of nitrogens with one attached hydrogen (secondary N) is 1. The van der Waals surface area contributed by atoms with Gasteiger partial charge in [-0.25, -0.2) is 4.79 Å². The van der Waals surface area contributed by atoms with Crippen LogP contribution in [0.2, 0.25) is 0 Å². The molecule has 20 heavy (non-hydrogen) atoms. The number of halogens is 1. The molecule has 110 valence electrons. The first-order chi connectivity index (χ1) is 9.43. The van der Waals surface area contributed by atoms with E-state index in [1.165, 1.54) is 6.07 Å². The number of carbonyl (C=O) groups is 2. The average Bonchev–Trinajstić information content (AvgIpc) is 2.37. The van der Waals surface area contributed by atoms with Crippen molar-refractivity contribution in [1.29, 1.82) is 0 Å². The van der Waals surface area contributed by atoms with Crippen LogP contribution in [-0.4, -0.2) is 29.6 Å². The molecule has 0 saturated carbocycles. The second kappa shape index (κ2) is 8.08. The van der Waals surface area contributed by atoms with Gasteiger partial charge in [-0.3, -0.25) is 4.79 Å². The Balaban J connectivity index is 2.61. The Kier molecular flexibility index (Phi) is 6.77.